The highest BCUT2D eigenvalue weighted by Crippen LogP contribution is 2.37. The maximum atomic E-state index is 4.76. The molecule has 2 aromatic heterocycles. The van der Waals surface area contributed by atoms with Crippen LogP contribution in [0.5, 0.6) is 0 Å². The van der Waals surface area contributed by atoms with E-state index in [4.69, 9.17) is 5.10 Å². The van der Waals surface area contributed by atoms with E-state index >= 15 is 0 Å². The van der Waals surface area contributed by atoms with Gasteiger partial charge in [0.25, 0.3) is 0 Å². The SMILES string of the molecule is c1ccc(-n2nc3ccc(-n4c5ccccc5c5c6ccccc6ccc54)cc3n2)cc1. The first-order chi connectivity index (χ1) is 15.9. The molecule has 7 aromatic rings. The molecule has 7 rings (SSSR count). The minimum absolute atomic E-state index is 0.873. The Kier molecular flexibility index (Phi) is 3.52. The Morgan fingerprint density at radius 1 is 0.500 bits per heavy atom. The van der Waals surface area contributed by atoms with E-state index in [1.807, 2.05) is 30.3 Å². The third-order valence-corrected chi connectivity index (χ3v) is 6.17. The van der Waals surface area contributed by atoms with E-state index in [9.17, 15) is 0 Å². The topological polar surface area (TPSA) is 35.6 Å². The largest absolute Gasteiger partial charge is 0.309 e. The molecule has 0 aliphatic heterocycles. The van der Waals surface area contributed by atoms with Crippen molar-refractivity contribution in [2.24, 2.45) is 0 Å². The molecule has 0 unspecified atom stereocenters. The average Bonchev–Trinajstić information content (AvgIpc) is 3.43. The Labute approximate surface area is 183 Å². The van der Waals surface area contributed by atoms with Crippen LogP contribution < -0.4 is 0 Å². The molecule has 0 radical (unpaired) electrons. The molecule has 5 aromatic carbocycles. The molecule has 0 aliphatic rings. The molecule has 4 heteroatoms. The van der Waals surface area contributed by atoms with E-state index in [1.54, 1.807) is 4.80 Å². The van der Waals surface area contributed by atoms with Crippen molar-refractivity contribution in [2.75, 3.05) is 0 Å². The maximum Gasteiger partial charge on any atom is 0.115 e. The van der Waals surface area contributed by atoms with Crippen molar-refractivity contribution in [3.8, 4) is 11.4 Å². The third kappa shape index (κ3) is 2.44. The third-order valence-electron chi connectivity index (χ3n) is 6.17. The van der Waals surface area contributed by atoms with Crippen LogP contribution in [0.25, 0.3) is 55.0 Å². The van der Waals surface area contributed by atoms with Gasteiger partial charge in [0.2, 0.25) is 0 Å². The van der Waals surface area contributed by atoms with Gasteiger partial charge in [-0.1, -0.05) is 66.7 Å². The quantitative estimate of drug-likeness (QED) is 0.319. The normalized spacial score (nSPS) is 11.8. The summed E-state index contributed by atoms with van der Waals surface area (Å²) in [4.78, 5) is 1.70. The summed E-state index contributed by atoms with van der Waals surface area (Å²) in [6.45, 7) is 0. The van der Waals surface area contributed by atoms with Crippen molar-refractivity contribution in [3.05, 3.63) is 109 Å². The molecule has 0 spiro atoms. The van der Waals surface area contributed by atoms with Crippen molar-refractivity contribution in [3.63, 3.8) is 0 Å². The van der Waals surface area contributed by atoms with Crippen LogP contribution in [-0.4, -0.2) is 19.6 Å². The molecule has 0 fully saturated rings. The second-order valence-electron chi connectivity index (χ2n) is 8.03. The Morgan fingerprint density at radius 3 is 2.16 bits per heavy atom. The summed E-state index contributed by atoms with van der Waals surface area (Å²) in [6.07, 6.45) is 0. The monoisotopic (exact) mass is 410 g/mol. The predicted octanol–water partition coefficient (Wildman–Crippen LogP) is 6.67. The number of para-hydroxylation sites is 2. The minimum Gasteiger partial charge on any atom is -0.309 e. The van der Waals surface area contributed by atoms with Crippen LogP contribution in [0.3, 0.4) is 0 Å². The van der Waals surface area contributed by atoms with E-state index in [0.29, 0.717) is 0 Å². The zero-order chi connectivity index (χ0) is 21.1. The molecule has 0 aliphatic carbocycles. The summed E-state index contributed by atoms with van der Waals surface area (Å²) < 4.78 is 2.33. The lowest BCUT2D eigenvalue weighted by molar-refractivity contribution is 0.766. The molecule has 0 N–H and O–H groups in total. The highest BCUT2D eigenvalue weighted by atomic mass is 15.5. The maximum absolute atomic E-state index is 4.76. The fourth-order valence-electron chi connectivity index (χ4n) is 4.74. The molecule has 150 valence electrons. The second kappa shape index (κ2) is 6.53. The summed E-state index contributed by atoms with van der Waals surface area (Å²) >= 11 is 0. The van der Waals surface area contributed by atoms with Crippen LogP contribution in [-0.2, 0) is 0 Å². The molecule has 0 bridgehead atoms. The molecular formula is C28H18N4. The molecular weight excluding hydrogens is 392 g/mol. The summed E-state index contributed by atoms with van der Waals surface area (Å²) in [5.41, 5.74) is 6.17. The first kappa shape index (κ1) is 17.3. The van der Waals surface area contributed by atoms with Crippen molar-refractivity contribution >= 4 is 43.6 Å². The van der Waals surface area contributed by atoms with Crippen LogP contribution in [0.2, 0.25) is 0 Å². The second-order valence-corrected chi connectivity index (χ2v) is 8.03. The number of benzene rings is 5. The molecule has 2 heterocycles. The number of fused-ring (bicyclic) bond motifs is 6. The van der Waals surface area contributed by atoms with Gasteiger partial charge in [0.1, 0.15) is 11.0 Å². The Bertz CT molecular complexity index is 1770. The number of rotatable bonds is 2. The van der Waals surface area contributed by atoms with Gasteiger partial charge in [0.15, 0.2) is 0 Å². The van der Waals surface area contributed by atoms with Gasteiger partial charge in [0, 0.05) is 16.5 Å². The summed E-state index contributed by atoms with van der Waals surface area (Å²) in [6, 6.07) is 38.0. The first-order valence-corrected chi connectivity index (χ1v) is 10.7. The fourth-order valence-corrected chi connectivity index (χ4v) is 4.74. The molecule has 0 amide bonds. The van der Waals surface area contributed by atoms with Gasteiger partial charge in [0.05, 0.1) is 16.7 Å². The number of nitrogens with zero attached hydrogens (tertiary/aromatic N) is 4. The van der Waals surface area contributed by atoms with Gasteiger partial charge in [-0.3, -0.25) is 0 Å². The number of aromatic nitrogens is 4. The van der Waals surface area contributed by atoms with Gasteiger partial charge in [-0.25, -0.2) is 0 Å². The fraction of sp³-hybridized carbons (Fsp3) is 0. The average molecular weight is 410 g/mol. The van der Waals surface area contributed by atoms with E-state index in [0.717, 1.165) is 22.4 Å². The van der Waals surface area contributed by atoms with E-state index in [1.165, 1.54) is 32.6 Å². The highest BCUT2D eigenvalue weighted by molar-refractivity contribution is 6.21. The standard InChI is InChI=1S/C28H18N4/c1-2-9-20(10-3-1)32-29-24-16-15-21(18-25(24)30-32)31-26-13-7-6-12-23(26)28-22-11-5-4-8-19(22)14-17-27(28)31/h1-18H. The van der Waals surface area contributed by atoms with Gasteiger partial charge >= 0.3 is 0 Å². The van der Waals surface area contributed by atoms with Gasteiger partial charge in [-0.15, -0.1) is 10.2 Å². The van der Waals surface area contributed by atoms with Crippen LogP contribution in [0.4, 0.5) is 0 Å². The van der Waals surface area contributed by atoms with Crippen LogP contribution in [0, 0.1) is 0 Å². The lowest BCUT2D eigenvalue weighted by atomic mass is 10.0. The Balaban J connectivity index is 1.52. The summed E-state index contributed by atoms with van der Waals surface area (Å²) in [5, 5.41) is 14.5. The first-order valence-electron chi connectivity index (χ1n) is 10.7. The summed E-state index contributed by atoms with van der Waals surface area (Å²) in [7, 11) is 0. The van der Waals surface area contributed by atoms with Crippen LogP contribution >= 0.6 is 0 Å². The molecule has 0 atom stereocenters. The lowest BCUT2D eigenvalue weighted by Crippen LogP contribution is -1.97. The molecule has 0 saturated carbocycles. The van der Waals surface area contributed by atoms with Gasteiger partial charge in [-0.05, 0) is 53.2 Å². The van der Waals surface area contributed by atoms with E-state index in [-0.39, 0.29) is 0 Å². The van der Waals surface area contributed by atoms with Crippen molar-refractivity contribution in [2.45, 2.75) is 0 Å². The Morgan fingerprint density at radius 2 is 1.25 bits per heavy atom. The van der Waals surface area contributed by atoms with Crippen LogP contribution in [0.1, 0.15) is 0 Å². The summed E-state index contributed by atoms with van der Waals surface area (Å²) in [5.74, 6) is 0. The van der Waals surface area contributed by atoms with E-state index in [2.05, 4.69) is 88.5 Å². The smallest absolute Gasteiger partial charge is 0.115 e. The predicted molar refractivity (Wildman–Crippen MR) is 131 cm³/mol. The van der Waals surface area contributed by atoms with Crippen LogP contribution in [0.15, 0.2) is 109 Å². The van der Waals surface area contributed by atoms with Crippen molar-refractivity contribution in [1.82, 2.24) is 19.6 Å². The lowest BCUT2D eigenvalue weighted by Gasteiger charge is -2.08. The van der Waals surface area contributed by atoms with Crippen molar-refractivity contribution in [1.29, 1.82) is 0 Å². The minimum atomic E-state index is 0.873. The highest BCUT2D eigenvalue weighted by Gasteiger charge is 2.15. The van der Waals surface area contributed by atoms with E-state index < -0.39 is 0 Å². The number of hydrogen-bond acceptors (Lipinski definition) is 2. The van der Waals surface area contributed by atoms with Gasteiger partial charge < -0.3 is 4.57 Å². The molecule has 32 heavy (non-hydrogen) atoms. The van der Waals surface area contributed by atoms with Crippen molar-refractivity contribution < 1.29 is 0 Å². The zero-order valence-electron chi connectivity index (χ0n) is 17.2. The van der Waals surface area contributed by atoms with Gasteiger partial charge in [-0.2, -0.15) is 4.80 Å². The zero-order valence-corrected chi connectivity index (χ0v) is 17.2. The Hall–Kier alpha value is -4.44. The number of hydrogen-bond donors (Lipinski definition) is 0. The molecule has 4 nitrogen and oxygen atoms in total. The molecule has 0 saturated heterocycles.